The van der Waals surface area contributed by atoms with E-state index in [0.29, 0.717) is 29.5 Å². The molecule has 5 aromatic rings. The first kappa shape index (κ1) is 26.8. The average molecular weight is 560 g/mol. The molecule has 0 amide bonds. The molecule has 7 heteroatoms. The minimum atomic E-state index is -0.929. The molecule has 0 spiro atoms. The second-order valence-electron chi connectivity index (χ2n) is 9.38. The molecular formula is C32H27Cl2NO4. The Balaban J connectivity index is 1.29. The van der Waals surface area contributed by atoms with Crippen molar-refractivity contribution in [3.05, 3.63) is 117 Å². The molecule has 0 radical (unpaired) electrons. The fourth-order valence-electron chi connectivity index (χ4n) is 4.64. The maximum absolute atomic E-state index is 11.2. The van der Waals surface area contributed by atoms with Gasteiger partial charge in [0.25, 0.3) is 0 Å². The lowest BCUT2D eigenvalue weighted by Crippen LogP contribution is -2.03. The van der Waals surface area contributed by atoms with Crippen LogP contribution in [0.15, 0.2) is 83.4 Å². The number of halogens is 2. The van der Waals surface area contributed by atoms with Crippen LogP contribution in [0.5, 0.6) is 5.75 Å². The lowest BCUT2D eigenvalue weighted by atomic mass is 10.00. The van der Waals surface area contributed by atoms with E-state index in [0.717, 1.165) is 63.1 Å². The van der Waals surface area contributed by atoms with E-state index < -0.39 is 5.97 Å². The van der Waals surface area contributed by atoms with Crippen LogP contribution in [0, 0.1) is 0 Å². The van der Waals surface area contributed by atoms with Gasteiger partial charge in [-0.25, -0.2) is 4.79 Å². The van der Waals surface area contributed by atoms with Crippen molar-refractivity contribution in [2.24, 2.45) is 0 Å². The molecule has 0 saturated heterocycles. The van der Waals surface area contributed by atoms with E-state index in [4.69, 9.17) is 32.5 Å². The number of hydrogen-bond acceptors (Lipinski definition) is 4. The van der Waals surface area contributed by atoms with Gasteiger partial charge in [0.15, 0.2) is 0 Å². The number of rotatable bonds is 10. The quantitative estimate of drug-likeness (QED) is 0.185. The van der Waals surface area contributed by atoms with Gasteiger partial charge >= 0.3 is 5.97 Å². The summed E-state index contributed by atoms with van der Waals surface area (Å²) in [7, 11) is 0. The second-order valence-corrected chi connectivity index (χ2v) is 10.2. The normalized spacial score (nSPS) is 11.2. The molecule has 5 nitrogen and oxygen atoms in total. The molecule has 0 saturated carbocycles. The Labute approximate surface area is 236 Å². The van der Waals surface area contributed by atoms with Gasteiger partial charge in [-0.1, -0.05) is 71.7 Å². The molecule has 4 aromatic carbocycles. The molecule has 1 heterocycles. The molecule has 0 atom stereocenters. The van der Waals surface area contributed by atoms with Crippen LogP contribution in [0.4, 0.5) is 0 Å². The van der Waals surface area contributed by atoms with Crippen molar-refractivity contribution < 1.29 is 19.2 Å². The van der Waals surface area contributed by atoms with Gasteiger partial charge < -0.3 is 14.4 Å². The first-order valence-corrected chi connectivity index (χ1v) is 13.6. The highest BCUT2D eigenvalue weighted by atomic mass is 35.5. The maximum atomic E-state index is 11.2. The number of fused-ring (bicyclic) bond motifs is 1. The van der Waals surface area contributed by atoms with E-state index in [1.807, 2.05) is 60.7 Å². The fraction of sp³-hybridized carbons (Fsp3) is 0.188. The predicted octanol–water partition coefficient (Wildman–Crippen LogP) is 8.82. The summed E-state index contributed by atoms with van der Waals surface area (Å²) >= 11 is 12.7. The lowest BCUT2D eigenvalue weighted by Gasteiger charge is -2.10. The van der Waals surface area contributed by atoms with Gasteiger partial charge in [-0.2, -0.15) is 0 Å². The molecule has 1 aromatic heterocycles. The Morgan fingerprint density at radius 1 is 0.846 bits per heavy atom. The molecule has 0 bridgehead atoms. The van der Waals surface area contributed by atoms with Gasteiger partial charge in [0.1, 0.15) is 18.1 Å². The molecule has 0 unspecified atom stereocenters. The third-order valence-electron chi connectivity index (χ3n) is 6.76. The van der Waals surface area contributed by atoms with E-state index >= 15 is 0 Å². The predicted molar refractivity (Wildman–Crippen MR) is 155 cm³/mol. The third kappa shape index (κ3) is 6.11. The van der Waals surface area contributed by atoms with Crippen LogP contribution in [0.2, 0.25) is 10.0 Å². The molecule has 0 fully saturated rings. The van der Waals surface area contributed by atoms with Gasteiger partial charge in [0.05, 0.1) is 16.8 Å². The Hall–Kier alpha value is -3.80. The van der Waals surface area contributed by atoms with Crippen LogP contribution < -0.4 is 4.74 Å². The van der Waals surface area contributed by atoms with Crippen molar-refractivity contribution in [3.8, 4) is 16.9 Å². The van der Waals surface area contributed by atoms with Crippen LogP contribution in [-0.4, -0.2) is 16.2 Å². The van der Waals surface area contributed by atoms with E-state index in [1.54, 1.807) is 12.1 Å². The first-order chi connectivity index (χ1) is 18.9. The summed E-state index contributed by atoms with van der Waals surface area (Å²) in [5.74, 6) is 0.660. The zero-order valence-electron chi connectivity index (χ0n) is 21.4. The van der Waals surface area contributed by atoms with Crippen LogP contribution >= 0.6 is 23.2 Å². The molecule has 198 valence electrons. The SMILES string of the molecule is CCCc1onc(CCc2c(Cl)cccc2Cl)c1COc1ccc(-c2ccc3cc(C(=O)O)ccc3c2)cc1. The van der Waals surface area contributed by atoms with Gasteiger partial charge in [0, 0.05) is 16.5 Å². The van der Waals surface area contributed by atoms with E-state index in [-0.39, 0.29) is 5.56 Å². The number of carboxylic acid groups (broad SMARTS) is 1. The average Bonchev–Trinajstić information content (AvgIpc) is 3.32. The molecular weight excluding hydrogens is 533 g/mol. The van der Waals surface area contributed by atoms with Gasteiger partial charge in [-0.3, -0.25) is 0 Å². The standard InChI is InChI=1S/C32H27Cl2NO4/c1-2-4-31-27(30(35-39-31)16-15-26-28(33)5-3-6-29(26)34)19-38-25-13-11-20(12-14-25)21-7-8-23-18-24(32(36)37)10-9-22(23)17-21/h3,5-14,17-18H,2,4,15-16,19H2,1H3,(H,36,37). The zero-order chi connectivity index (χ0) is 27.4. The number of hydrogen-bond donors (Lipinski definition) is 1. The summed E-state index contributed by atoms with van der Waals surface area (Å²) in [4.78, 5) is 11.2. The number of nitrogens with zero attached hydrogens (tertiary/aromatic N) is 1. The van der Waals surface area contributed by atoms with Crippen molar-refractivity contribution in [2.75, 3.05) is 0 Å². The smallest absolute Gasteiger partial charge is 0.335 e. The Morgan fingerprint density at radius 2 is 1.54 bits per heavy atom. The number of carboxylic acids is 1. The minimum Gasteiger partial charge on any atom is -0.489 e. The zero-order valence-corrected chi connectivity index (χ0v) is 22.9. The van der Waals surface area contributed by atoms with Gasteiger partial charge in [0.2, 0.25) is 0 Å². The third-order valence-corrected chi connectivity index (χ3v) is 7.47. The van der Waals surface area contributed by atoms with E-state index in [2.05, 4.69) is 18.1 Å². The molecule has 1 N–H and O–H groups in total. The van der Waals surface area contributed by atoms with Crippen LogP contribution in [0.3, 0.4) is 0 Å². The number of carbonyl (C=O) groups is 1. The highest BCUT2D eigenvalue weighted by Gasteiger charge is 2.17. The van der Waals surface area contributed by atoms with E-state index in [1.165, 1.54) is 0 Å². The molecule has 0 aliphatic rings. The molecule has 0 aliphatic carbocycles. The number of ether oxygens (including phenoxy) is 1. The van der Waals surface area contributed by atoms with Crippen LogP contribution in [0.1, 0.15) is 46.3 Å². The summed E-state index contributed by atoms with van der Waals surface area (Å²) < 4.78 is 11.8. The van der Waals surface area contributed by atoms with Crippen molar-refractivity contribution in [2.45, 2.75) is 39.2 Å². The monoisotopic (exact) mass is 559 g/mol. The Kier molecular flexibility index (Phi) is 8.20. The summed E-state index contributed by atoms with van der Waals surface area (Å²) in [5, 5.41) is 16.7. The second kappa shape index (κ2) is 11.9. The van der Waals surface area contributed by atoms with Crippen LogP contribution in [0.25, 0.3) is 21.9 Å². The summed E-state index contributed by atoms with van der Waals surface area (Å²) in [6, 6.07) is 24.6. The topological polar surface area (TPSA) is 72.6 Å². The number of benzene rings is 4. The van der Waals surface area contributed by atoms with Crippen molar-refractivity contribution in [1.82, 2.24) is 5.16 Å². The highest BCUT2D eigenvalue weighted by molar-refractivity contribution is 6.36. The van der Waals surface area contributed by atoms with Crippen molar-refractivity contribution in [1.29, 1.82) is 0 Å². The number of aromatic carboxylic acids is 1. The number of aryl methyl sites for hydroxylation is 2. The van der Waals surface area contributed by atoms with Gasteiger partial charge in [-0.15, -0.1) is 0 Å². The minimum absolute atomic E-state index is 0.280. The highest BCUT2D eigenvalue weighted by Crippen LogP contribution is 2.29. The molecule has 5 rings (SSSR count). The van der Waals surface area contributed by atoms with Gasteiger partial charge in [-0.05, 0) is 89.2 Å². The van der Waals surface area contributed by atoms with Crippen molar-refractivity contribution >= 4 is 39.9 Å². The number of aromatic nitrogens is 1. The Bertz CT molecular complexity index is 1610. The van der Waals surface area contributed by atoms with Crippen molar-refractivity contribution in [3.63, 3.8) is 0 Å². The summed E-state index contributed by atoms with van der Waals surface area (Å²) in [5.41, 5.74) is 5.09. The largest absolute Gasteiger partial charge is 0.489 e. The summed E-state index contributed by atoms with van der Waals surface area (Å²) in [6.45, 7) is 2.46. The van der Waals surface area contributed by atoms with Crippen LogP contribution in [-0.2, 0) is 25.9 Å². The fourth-order valence-corrected chi connectivity index (χ4v) is 5.22. The first-order valence-electron chi connectivity index (χ1n) is 12.8. The lowest BCUT2D eigenvalue weighted by molar-refractivity contribution is 0.0697. The van der Waals surface area contributed by atoms with E-state index in [9.17, 15) is 9.90 Å². The molecule has 39 heavy (non-hydrogen) atoms. The molecule has 0 aliphatic heterocycles. The summed E-state index contributed by atoms with van der Waals surface area (Å²) in [6.07, 6.45) is 3.02. The maximum Gasteiger partial charge on any atom is 0.335 e. The Morgan fingerprint density at radius 3 is 2.26 bits per heavy atom.